The van der Waals surface area contributed by atoms with Gasteiger partial charge in [0.2, 0.25) is 6.41 Å². The molecule has 1 saturated heterocycles. The van der Waals surface area contributed by atoms with Crippen LogP contribution >= 0.6 is 0 Å². The zero-order chi connectivity index (χ0) is 12.3. The van der Waals surface area contributed by atoms with Crippen LogP contribution in [0.5, 0.6) is 0 Å². The van der Waals surface area contributed by atoms with Crippen molar-refractivity contribution in [3.63, 3.8) is 0 Å². The lowest BCUT2D eigenvalue weighted by atomic mass is 10.2. The van der Waals surface area contributed by atoms with Crippen LogP contribution in [-0.2, 0) is 28.6 Å². The minimum atomic E-state index is -3.59. The van der Waals surface area contributed by atoms with Gasteiger partial charge in [0.25, 0.3) is 10.1 Å². The van der Waals surface area contributed by atoms with Crippen LogP contribution in [0.25, 0.3) is 0 Å². The van der Waals surface area contributed by atoms with Gasteiger partial charge >= 0.3 is 5.97 Å². The Labute approximate surface area is 93.4 Å². The summed E-state index contributed by atoms with van der Waals surface area (Å²) < 4.78 is 31.0. The number of carbonyl (C=O) groups is 2. The Bertz CT molecular complexity index is 378. The molecule has 1 rings (SSSR count). The third-order valence-corrected chi connectivity index (χ3v) is 2.84. The summed E-state index contributed by atoms with van der Waals surface area (Å²) in [4.78, 5) is 23.1. The van der Waals surface area contributed by atoms with E-state index in [1.807, 2.05) is 0 Å². The van der Waals surface area contributed by atoms with Crippen molar-refractivity contribution in [1.29, 1.82) is 0 Å². The first-order valence-electron chi connectivity index (χ1n) is 4.54. The summed E-state index contributed by atoms with van der Waals surface area (Å²) in [5.74, 6) is -0.577. The van der Waals surface area contributed by atoms with Crippen LogP contribution in [0.2, 0.25) is 0 Å². The van der Waals surface area contributed by atoms with Crippen molar-refractivity contribution in [1.82, 2.24) is 4.90 Å². The normalized spacial score (nSPS) is 25.5. The first kappa shape index (κ1) is 12.9. The van der Waals surface area contributed by atoms with Gasteiger partial charge in [0, 0.05) is 13.0 Å². The number of hydrogen-bond acceptors (Lipinski definition) is 6. The third kappa shape index (κ3) is 3.17. The minimum absolute atomic E-state index is 0.0658. The topological polar surface area (TPSA) is 90.0 Å². The first-order chi connectivity index (χ1) is 7.37. The summed E-state index contributed by atoms with van der Waals surface area (Å²) >= 11 is 0. The molecule has 2 atom stereocenters. The molecule has 0 N–H and O–H groups in total. The van der Waals surface area contributed by atoms with E-state index in [0.29, 0.717) is 6.41 Å². The van der Waals surface area contributed by atoms with Gasteiger partial charge in [-0.25, -0.2) is 4.79 Å². The van der Waals surface area contributed by atoms with Crippen molar-refractivity contribution in [3.8, 4) is 0 Å². The predicted molar refractivity (Wildman–Crippen MR) is 52.9 cm³/mol. The molecule has 1 aliphatic heterocycles. The van der Waals surface area contributed by atoms with Crippen LogP contribution in [0.15, 0.2) is 0 Å². The van der Waals surface area contributed by atoms with Crippen LogP contribution in [0.1, 0.15) is 6.42 Å². The minimum Gasteiger partial charge on any atom is -0.467 e. The smallest absolute Gasteiger partial charge is 0.328 e. The lowest BCUT2D eigenvalue weighted by molar-refractivity contribution is -0.148. The van der Waals surface area contributed by atoms with E-state index >= 15 is 0 Å². The summed E-state index contributed by atoms with van der Waals surface area (Å²) in [5.41, 5.74) is 0. The Morgan fingerprint density at radius 2 is 2.12 bits per heavy atom. The second-order valence-corrected chi connectivity index (χ2v) is 5.10. The highest BCUT2D eigenvalue weighted by molar-refractivity contribution is 7.86. The van der Waals surface area contributed by atoms with Crippen molar-refractivity contribution in [2.24, 2.45) is 0 Å². The number of amides is 1. The van der Waals surface area contributed by atoms with Crippen LogP contribution in [0, 0.1) is 0 Å². The fourth-order valence-electron chi connectivity index (χ4n) is 1.62. The highest BCUT2D eigenvalue weighted by Gasteiger charge is 2.38. The predicted octanol–water partition coefficient (Wildman–Crippen LogP) is -1.27. The van der Waals surface area contributed by atoms with E-state index in [2.05, 4.69) is 4.74 Å². The summed E-state index contributed by atoms with van der Waals surface area (Å²) in [6, 6.07) is -0.769. The van der Waals surface area contributed by atoms with Gasteiger partial charge in [0.1, 0.15) is 6.04 Å². The van der Waals surface area contributed by atoms with E-state index in [-0.39, 0.29) is 13.0 Å². The number of ether oxygens (including phenoxy) is 1. The number of methoxy groups -OCH3 is 1. The molecule has 0 aromatic rings. The molecule has 1 heterocycles. The maximum Gasteiger partial charge on any atom is 0.328 e. The molecule has 0 unspecified atom stereocenters. The molecule has 7 nitrogen and oxygen atoms in total. The van der Waals surface area contributed by atoms with E-state index in [9.17, 15) is 18.0 Å². The largest absolute Gasteiger partial charge is 0.467 e. The number of nitrogens with zero attached hydrogens (tertiary/aromatic N) is 1. The Morgan fingerprint density at radius 3 is 2.56 bits per heavy atom. The maximum atomic E-state index is 11.3. The number of rotatable bonds is 4. The molecule has 0 aromatic heterocycles. The van der Waals surface area contributed by atoms with Gasteiger partial charge in [0.05, 0.1) is 19.5 Å². The Morgan fingerprint density at radius 1 is 1.50 bits per heavy atom. The monoisotopic (exact) mass is 251 g/mol. The van der Waals surface area contributed by atoms with Crippen LogP contribution in [0.4, 0.5) is 0 Å². The van der Waals surface area contributed by atoms with Gasteiger partial charge in [-0.15, -0.1) is 0 Å². The molecule has 0 radical (unpaired) electrons. The number of carbonyl (C=O) groups excluding carboxylic acids is 2. The second-order valence-electron chi connectivity index (χ2n) is 3.50. The van der Waals surface area contributed by atoms with Gasteiger partial charge in [-0.3, -0.25) is 8.98 Å². The fourth-order valence-corrected chi connectivity index (χ4v) is 2.26. The highest BCUT2D eigenvalue weighted by atomic mass is 32.2. The number of hydrogen-bond donors (Lipinski definition) is 0. The van der Waals surface area contributed by atoms with Gasteiger partial charge in [0.15, 0.2) is 0 Å². The van der Waals surface area contributed by atoms with Gasteiger partial charge < -0.3 is 9.64 Å². The van der Waals surface area contributed by atoms with Gasteiger partial charge in [-0.2, -0.15) is 8.42 Å². The highest BCUT2D eigenvalue weighted by Crippen LogP contribution is 2.20. The van der Waals surface area contributed by atoms with E-state index in [0.717, 1.165) is 6.26 Å². The average molecular weight is 251 g/mol. The number of likely N-dealkylation sites (tertiary alicyclic amines) is 1. The van der Waals surface area contributed by atoms with Crippen LogP contribution in [-0.4, -0.2) is 57.8 Å². The Kier molecular flexibility index (Phi) is 3.87. The molecule has 8 heteroatoms. The molecule has 0 spiro atoms. The first-order valence-corrected chi connectivity index (χ1v) is 6.36. The van der Waals surface area contributed by atoms with Crippen LogP contribution < -0.4 is 0 Å². The summed E-state index contributed by atoms with van der Waals surface area (Å²) in [6.45, 7) is 0.0658. The maximum absolute atomic E-state index is 11.3. The zero-order valence-electron chi connectivity index (χ0n) is 8.95. The van der Waals surface area contributed by atoms with E-state index in [1.165, 1.54) is 12.0 Å². The lowest BCUT2D eigenvalue weighted by Gasteiger charge is -2.16. The van der Waals surface area contributed by atoms with Crippen molar-refractivity contribution in [3.05, 3.63) is 0 Å². The van der Waals surface area contributed by atoms with Gasteiger partial charge in [-0.1, -0.05) is 0 Å². The Balaban J connectivity index is 2.70. The van der Waals surface area contributed by atoms with Crippen molar-refractivity contribution < 1.29 is 26.9 Å². The molecule has 0 saturated carbocycles. The van der Waals surface area contributed by atoms with Crippen molar-refractivity contribution >= 4 is 22.5 Å². The fraction of sp³-hybridized carbons (Fsp3) is 0.750. The summed E-state index contributed by atoms with van der Waals surface area (Å²) in [6.07, 6.45) is 0.833. The van der Waals surface area contributed by atoms with E-state index < -0.39 is 28.2 Å². The van der Waals surface area contributed by atoms with Gasteiger partial charge in [-0.05, 0) is 0 Å². The molecule has 16 heavy (non-hydrogen) atoms. The molecule has 1 fully saturated rings. The standard InChI is InChI=1S/C8H13NO6S/c1-14-8(11)7-3-6(4-9(7)5-10)15-16(2,12)13/h5-7H,3-4H2,1-2H3/t6-,7+/m1/s1. The molecule has 0 bridgehead atoms. The third-order valence-electron chi connectivity index (χ3n) is 2.22. The molecule has 0 aromatic carbocycles. The summed E-state index contributed by atoms with van der Waals surface area (Å²) in [5, 5.41) is 0. The molecular formula is C8H13NO6S. The second kappa shape index (κ2) is 4.79. The zero-order valence-corrected chi connectivity index (χ0v) is 9.77. The molecular weight excluding hydrogens is 238 g/mol. The molecule has 92 valence electrons. The van der Waals surface area contributed by atoms with Crippen molar-refractivity contribution in [2.45, 2.75) is 18.6 Å². The lowest BCUT2D eigenvalue weighted by Crippen LogP contribution is -2.35. The molecule has 1 amide bonds. The SMILES string of the molecule is COC(=O)[C@@H]1C[C@@H](OS(C)(=O)=O)CN1C=O. The van der Waals surface area contributed by atoms with E-state index in [1.54, 1.807) is 0 Å². The van der Waals surface area contributed by atoms with Crippen LogP contribution in [0.3, 0.4) is 0 Å². The number of esters is 1. The van der Waals surface area contributed by atoms with Crippen molar-refractivity contribution in [2.75, 3.05) is 19.9 Å². The van der Waals surface area contributed by atoms with E-state index in [4.69, 9.17) is 4.18 Å². The average Bonchev–Trinajstić information content (AvgIpc) is 2.57. The summed E-state index contributed by atoms with van der Waals surface area (Å²) in [7, 11) is -2.39. The molecule has 0 aliphatic carbocycles. The quantitative estimate of drug-likeness (QED) is 0.352. The Hall–Kier alpha value is -1.15. The molecule has 1 aliphatic rings.